The molecule has 0 saturated carbocycles. The molecule has 1 aliphatic rings. The molecule has 4 aromatic carbocycles. The van der Waals surface area contributed by atoms with Crippen LogP contribution in [0.1, 0.15) is 48.5 Å². The predicted molar refractivity (Wildman–Crippen MR) is 141 cm³/mol. The molecule has 0 bridgehead atoms. The van der Waals surface area contributed by atoms with E-state index in [9.17, 15) is 9.59 Å². The van der Waals surface area contributed by atoms with Gasteiger partial charge in [0.15, 0.2) is 0 Å². The minimum absolute atomic E-state index is 0.0517. The highest BCUT2D eigenvalue weighted by Crippen LogP contribution is 2.32. The molecule has 0 atom stereocenters. The summed E-state index contributed by atoms with van der Waals surface area (Å²) < 4.78 is 0. The second-order valence-electron chi connectivity index (χ2n) is 9.12. The van der Waals surface area contributed by atoms with Crippen molar-refractivity contribution in [2.75, 3.05) is 16.8 Å². The SMILES string of the molecule is Cc1cccc(C(=O)N(C)c2ccc(C(=O)N3Cc4ccccc4Cc4ccccc43)cc2)c1C. The second-order valence-corrected chi connectivity index (χ2v) is 9.12. The van der Waals surface area contributed by atoms with Gasteiger partial charge in [-0.1, -0.05) is 54.6 Å². The molecule has 4 heteroatoms. The molecule has 0 N–H and O–H groups in total. The van der Waals surface area contributed by atoms with Crippen LogP contribution in [-0.2, 0) is 13.0 Å². The van der Waals surface area contributed by atoms with E-state index in [1.807, 2.05) is 91.5 Å². The number of amides is 2. The van der Waals surface area contributed by atoms with Gasteiger partial charge in [-0.2, -0.15) is 0 Å². The third-order valence-corrected chi connectivity index (χ3v) is 7.00. The van der Waals surface area contributed by atoms with E-state index in [1.165, 1.54) is 5.56 Å². The largest absolute Gasteiger partial charge is 0.311 e. The van der Waals surface area contributed by atoms with Crippen LogP contribution in [0.2, 0.25) is 0 Å². The number of carbonyl (C=O) groups is 2. The van der Waals surface area contributed by atoms with Gasteiger partial charge in [-0.3, -0.25) is 9.59 Å². The highest BCUT2D eigenvalue weighted by atomic mass is 16.2. The summed E-state index contributed by atoms with van der Waals surface area (Å²) in [6.45, 7) is 4.50. The zero-order valence-corrected chi connectivity index (χ0v) is 20.3. The molecule has 4 nitrogen and oxygen atoms in total. The van der Waals surface area contributed by atoms with Gasteiger partial charge in [-0.25, -0.2) is 0 Å². The van der Waals surface area contributed by atoms with Gasteiger partial charge in [-0.05, 0) is 84.5 Å². The first-order valence-corrected chi connectivity index (χ1v) is 11.8. The van der Waals surface area contributed by atoms with E-state index < -0.39 is 0 Å². The quantitative estimate of drug-likeness (QED) is 0.358. The van der Waals surface area contributed by atoms with Crippen LogP contribution < -0.4 is 9.80 Å². The summed E-state index contributed by atoms with van der Waals surface area (Å²) >= 11 is 0. The van der Waals surface area contributed by atoms with Crippen LogP contribution in [-0.4, -0.2) is 18.9 Å². The molecule has 1 heterocycles. The third-order valence-electron chi connectivity index (χ3n) is 7.00. The summed E-state index contributed by atoms with van der Waals surface area (Å²) in [6, 6.07) is 29.5. The van der Waals surface area contributed by atoms with E-state index >= 15 is 0 Å². The van der Waals surface area contributed by atoms with Crippen molar-refractivity contribution < 1.29 is 9.59 Å². The first-order valence-electron chi connectivity index (χ1n) is 11.8. The fourth-order valence-electron chi connectivity index (χ4n) is 4.71. The summed E-state index contributed by atoms with van der Waals surface area (Å²) in [5, 5.41) is 0. The number of hydrogen-bond donors (Lipinski definition) is 0. The van der Waals surface area contributed by atoms with E-state index in [2.05, 4.69) is 18.2 Å². The van der Waals surface area contributed by atoms with Gasteiger partial charge < -0.3 is 9.80 Å². The van der Waals surface area contributed by atoms with E-state index in [4.69, 9.17) is 0 Å². The van der Waals surface area contributed by atoms with Gasteiger partial charge >= 0.3 is 0 Å². The van der Waals surface area contributed by atoms with Gasteiger partial charge in [0.05, 0.1) is 6.54 Å². The van der Waals surface area contributed by atoms with Gasteiger partial charge in [0, 0.05) is 29.5 Å². The fourth-order valence-corrected chi connectivity index (χ4v) is 4.71. The van der Waals surface area contributed by atoms with Crippen molar-refractivity contribution in [3.63, 3.8) is 0 Å². The zero-order chi connectivity index (χ0) is 24.5. The lowest BCUT2D eigenvalue weighted by molar-refractivity contribution is 0.0981. The Morgan fingerprint density at radius 1 is 0.743 bits per heavy atom. The Kier molecular flexibility index (Phi) is 5.96. The lowest BCUT2D eigenvalue weighted by Crippen LogP contribution is -2.31. The lowest BCUT2D eigenvalue weighted by atomic mass is 10.0. The summed E-state index contributed by atoms with van der Waals surface area (Å²) in [7, 11) is 1.77. The van der Waals surface area contributed by atoms with Gasteiger partial charge in [0.1, 0.15) is 0 Å². The highest BCUT2D eigenvalue weighted by molar-refractivity contribution is 6.08. The Labute approximate surface area is 206 Å². The van der Waals surface area contributed by atoms with Crippen LogP contribution in [0.5, 0.6) is 0 Å². The molecular formula is C31H28N2O2. The number of hydrogen-bond acceptors (Lipinski definition) is 2. The van der Waals surface area contributed by atoms with Crippen molar-refractivity contribution in [3.05, 3.63) is 130 Å². The average Bonchev–Trinajstić information content (AvgIpc) is 3.06. The maximum Gasteiger partial charge on any atom is 0.258 e. The number of nitrogens with zero attached hydrogens (tertiary/aromatic N) is 2. The number of aryl methyl sites for hydroxylation is 1. The first-order chi connectivity index (χ1) is 16.9. The number of rotatable bonds is 3. The lowest BCUT2D eigenvalue weighted by Gasteiger charge is -2.24. The Hall–Kier alpha value is -4.18. The smallest absolute Gasteiger partial charge is 0.258 e. The molecule has 0 saturated heterocycles. The molecule has 5 rings (SSSR count). The van der Waals surface area contributed by atoms with Crippen molar-refractivity contribution in [1.82, 2.24) is 0 Å². The van der Waals surface area contributed by atoms with Crippen molar-refractivity contribution in [1.29, 1.82) is 0 Å². The number of fused-ring (bicyclic) bond motifs is 2. The maximum absolute atomic E-state index is 13.7. The number of anilines is 2. The molecule has 1 aliphatic heterocycles. The maximum atomic E-state index is 13.7. The topological polar surface area (TPSA) is 40.6 Å². The van der Waals surface area contributed by atoms with Gasteiger partial charge in [0.25, 0.3) is 11.8 Å². The van der Waals surface area contributed by atoms with Crippen molar-refractivity contribution >= 4 is 23.2 Å². The number of benzene rings is 4. The minimum Gasteiger partial charge on any atom is -0.311 e. The molecule has 0 unspecified atom stereocenters. The number of carbonyl (C=O) groups excluding carboxylic acids is 2. The molecule has 2 amide bonds. The highest BCUT2D eigenvalue weighted by Gasteiger charge is 2.25. The third kappa shape index (κ3) is 4.24. The summed E-state index contributed by atoms with van der Waals surface area (Å²) in [4.78, 5) is 30.3. The van der Waals surface area contributed by atoms with Crippen molar-refractivity contribution in [3.8, 4) is 0 Å². The van der Waals surface area contributed by atoms with E-state index in [0.717, 1.165) is 40.0 Å². The summed E-state index contributed by atoms with van der Waals surface area (Å²) in [6.07, 6.45) is 0.806. The van der Waals surface area contributed by atoms with Crippen LogP contribution in [0.25, 0.3) is 0 Å². The molecule has 0 spiro atoms. The monoisotopic (exact) mass is 460 g/mol. The molecule has 4 aromatic rings. The van der Waals surface area contributed by atoms with Crippen LogP contribution in [0.4, 0.5) is 11.4 Å². The molecule has 0 fully saturated rings. The van der Waals surface area contributed by atoms with Crippen molar-refractivity contribution in [2.24, 2.45) is 0 Å². The second kappa shape index (κ2) is 9.22. The first kappa shape index (κ1) is 22.6. The van der Waals surface area contributed by atoms with Crippen LogP contribution in [0, 0.1) is 13.8 Å². The van der Waals surface area contributed by atoms with Crippen LogP contribution >= 0.6 is 0 Å². The molecule has 0 radical (unpaired) electrons. The normalized spacial score (nSPS) is 12.4. The summed E-state index contributed by atoms with van der Waals surface area (Å²) in [5.41, 5.74) is 8.59. The Balaban J connectivity index is 1.43. The van der Waals surface area contributed by atoms with Gasteiger partial charge in [0.2, 0.25) is 0 Å². The molecule has 0 aromatic heterocycles. The van der Waals surface area contributed by atoms with Gasteiger partial charge in [-0.15, -0.1) is 0 Å². The zero-order valence-electron chi connectivity index (χ0n) is 20.3. The van der Waals surface area contributed by atoms with Crippen LogP contribution in [0.15, 0.2) is 91.0 Å². The Bertz CT molecular complexity index is 1420. The average molecular weight is 461 g/mol. The predicted octanol–water partition coefficient (Wildman–Crippen LogP) is 6.33. The Morgan fingerprint density at radius 2 is 1.40 bits per heavy atom. The Morgan fingerprint density at radius 3 is 2.14 bits per heavy atom. The molecule has 35 heavy (non-hydrogen) atoms. The van der Waals surface area contributed by atoms with E-state index in [0.29, 0.717) is 17.7 Å². The van der Waals surface area contributed by atoms with Crippen molar-refractivity contribution in [2.45, 2.75) is 26.8 Å². The standard InChI is InChI=1S/C31H28N2O2/c1-21-9-8-13-28(22(21)2)31(35)32(3)27-17-15-23(16-18-27)30(34)33-20-26-12-5-4-10-24(26)19-25-11-6-7-14-29(25)33/h4-18H,19-20H2,1-3H3. The molecular weight excluding hydrogens is 432 g/mol. The van der Waals surface area contributed by atoms with E-state index in [-0.39, 0.29) is 11.8 Å². The van der Waals surface area contributed by atoms with E-state index in [1.54, 1.807) is 11.9 Å². The summed E-state index contributed by atoms with van der Waals surface area (Å²) in [5.74, 6) is -0.118. The minimum atomic E-state index is -0.0664. The number of para-hydroxylation sites is 1. The molecule has 174 valence electrons. The fraction of sp³-hybridized carbons (Fsp3) is 0.161. The van der Waals surface area contributed by atoms with Crippen LogP contribution in [0.3, 0.4) is 0 Å². The molecule has 0 aliphatic carbocycles.